The molecule has 0 atom stereocenters. The van der Waals surface area contributed by atoms with Crippen LogP contribution in [-0.2, 0) is 11.2 Å². The van der Waals surface area contributed by atoms with Gasteiger partial charge in [0.1, 0.15) is 0 Å². The minimum atomic E-state index is -1.04. The summed E-state index contributed by atoms with van der Waals surface area (Å²) >= 11 is 0. The number of aliphatic imine (C=N–C) groups is 1. The lowest BCUT2D eigenvalue weighted by molar-refractivity contribution is -0.139. The molecule has 0 saturated heterocycles. The van der Waals surface area contributed by atoms with Crippen LogP contribution in [0.15, 0.2) is 48.0 Å². The molecule has 0 unspecified atom stereocenters. The quantitative estimate of drug-likeness (QED) is 0.569. The molecule has 1 N–H and O–H groups in total. The number of carboxylic acids is 1. The van der Waals surface area contributed by atoms with Crippen molar-refractivity contribution < 1.29 is 19.4 Å². The van der Waals surface area contributed by atoms with E-state index >= 15 is 0 Å². The zero-order valence-electron chi connectivity index (χ0n) is 15.3. The van der Waals surface area contributed by atoms with Gasteiger partial charge in [-0.2, -0.15) is 0 Å². The van der Waals surface area contributed by atoms with E-state index in [4.69, 9.17) is 14.6 Å². The van der Waals surface area contributed by atoms with E-state index in [0.717, 1.165) is 27.9 Å². The van der Waals surface area contributed by atoms with Gasteiger partial charge in [-0.25, -0.2) is 4.79 Å². The molecule has 0 radical (unpaired) electrons. The Bertz CT molecular complexity index is 840. The van der Waals surface area contributed by atoms with Crippen LogP contribution in [0.5, 0.6) is 11.5 Å². The highest BCUT2D eigenvalue weighted by Gasteiger charge is 2.13. The first kappa shape index (κ1) is 19.2. The fraction of sp³-hybridized carbons (Fsp3) is 0.238. The van der Waals surface area contributed by atoms with Gasteiger partial charge in [-0.3, -0.25) is 4.99 Å². The molecule has 0 aliphatic heterocycles. The zero-order valence-corrected chi connectivity index (χ0v) is 15.3. The summed E-state index contributed by atoms with van der Waals surface area (Å²) in [5.41, 5.74) is 4.77. The van der Waals surface area contributed by atoms with Crippen molar-refractivity contribution in [1.82, 2.24) is 0 Å². The molecule has 5 heteroatoms. The predicted molar refractivity (Wildman–Crippen MR) is 103 cm³/mol. The second kappa shape index (κ2) is 8.85. The van der Waals surface area contributed by atoms with Crippen molar-refractivity contribution >= 4 is 17.9 Å². The zero-order chi connectivity index (χ0) is 19.1. The summed E-state index contributed by atoms with van der Waals surface area (Å²) in [6.45, 7) is 7.35. The third-order valence-corrected chi connectivity index (χ3v) is 3.80. The molecule has 0 bridgehead atoms. The molecule has 0 aliphatic carbocycles. The van der Waals surface area contributed by atoms with E-state index in [9.17, 15) is 4.79 Å². The van der Waals surface area contributed by atoms with Crippen molar-refractivity contribution in [2.45, 2.75) is 20.3 Å². The summed E-state index contributed by atoms with van der Waals surface area (Å²) in [5, 5.41) is 8.87. The summed E-state index contributed by atoms with van der Waals surface area (Å²) in [4.78, 5) is 15.4. The van der Waals surface area contributed by atoms with Gasteiger partial charge in [0.25, 0.3) is 0 Å². The number of rotatable bonds is 8. The Morgan fingerprint density at radius 3 is 2.69 bits per heavy atom. The standard InChI is InChI=1S/C21H23NO4/c1-5-6-17-10-16(11-19(25-4)21(17)26-13-20(23)24)12-22-18-9-14(2)7-8-15(18)3/h5,7-12H,1,6,13H2,2-4H3,(H,23,24). The lowest BCUT2D eigenvalue weighted by Gasteiger charge is -2.14. The molecule has 0 spiro atoms. The first-order chi connectivity index (χ1) is 12.4. The van der Waals surface area contributed by atoms with Gasteiger partial charge < -0.3 is 14.6 Å². The van der Waals surface area contributed by atoms with Crippen molar-refractivity contribution in [2.24, 2.45) is 4.99 Å². The maximum Gasteiger partial charge on any atom is 0.341 e. The van der Waals surface area contributed by atoms with Gasteiger partial charge in [-0.05, 0) is 55.2 Å². The van der Waals surface area contributed by atoms with Crippen molar-refractivity contribution in [3.8, 4) is 11.5 Å². The number of methoxy groups -OCH3 is 1. The molecule has 2 rings (SSSR count). The molecule has 0 fully saturated rings. The van der Waals surface area contributed by atoms with Gasteiger partial charge in [0, 0.05) is 11.8 Å². The molecule has 0 amide bonds. The minimum Gasteiger partial charge on any atom is -0.493 e. The highest BCUT2D eigenvalue weighted by Crippen LogP contribution is 2.33. The van der Waals surface area contributed by atoms with Crippen LogP contribution in [0.1, 0.15) is 22.3 Å². The van der Waals surface area contributed by atoms with Crippen LogP contribution >= 0.6 is 0 Å². The second-order valence-corrected chi connectivity index (χ2v) is 5.93. The molecule has 0 aromatic heterocycles. The van der Waals surface area contributed by atoms with Crippen LogP contribution in [0.3, 0.4) is 0 Å². The highest BCUT2D eigenvalue weighted by atomic mass is 16.5. The van der Waals surface area contributed by atoms with E-state index in [2.05, 4.69) is 11.6 Å². The molecular formula is C21H23NO4. The Labute approximate surface area is 153 Å². The Morgan fingerprint density at radius 1 is 1.27 bits per heavy atom. The maximum absolute atomic E-state index is 10.8. The maximum atomic E-state index is 10.8. The van der Waals surface area contributed by atoms with Crippen LogP contribution in [0, 0.1) is 13.8 Å². The third-order valence-electron chi connectivity index (χ3n) is 3.80. The van der Waals surface area contributed by atoms with Crippen LogP contribution in [0.4, 0.5) is 5.69 Å². The third kappa shape index (κ3) is 4.96. The number of aliphatic carboxylic acids is 1. The van der Waals surface area contributed by atoms with Crippen molar-refractivity contribution in [3.63, 3.8) is 0 Å². The minimum absolute atomic E-state index is 0.415. The summed E-state index contributed by atoms with van der Waals surface area (Å²) in [6.07, 6.45) is 4.02. The summed E-state index contributed by atoms with van der Waals surface area (Å²) < 4.78 is 10.8. The normalized spacial score (nSPS) is 10.7. The van der Waals surface area contributed by atoms with E-state index < -0.39 is 12.6 Å². The number of allylic oxidation sites excluding steroid dienone is 1. The molecule has 26 heavy (non-hydrogen) atoms. The largest absolute Gasteiger partial charge is 0.493 e. The van der Waals surface area contributed by atoms with Crippen molar-refractivity contribution in [1.29, 1.82) is 0 Å². The predicted octanol–water partition coefficient (Wildman–Crippen LogP) is 4.25. The molecular weight excluding hydrogens is 330 g/mol. The molecule has 2 aromatic carbocycles. The molecule has 0 saturated carbocycles. The Kier molecular flexibility index (Phi) is 6.55. The number of carbonyl (C=O) groups is 1. The van der Waals surface area contributed by atoms with Crippen molar-refractivity contribution in [2.75, 3.05) is 13.7 Å². The topological polar surface area (TPSA) is 68.1 Å². The van der Waals surface area contributed by atoms with Crippen LogP contribution in [0.25, 0.3) is 0 Å². The lowest BCUT2D eigenvalue weighted by atomic mass is 10.1. The van der Waals surface area contributed by atoms with E-state index in [-0.39, 0.29) is 0 Å². The molecule has 2 aromatic rings. The lowest BCUT2D eigenvalue weighted by Crippen LogP contribution is -2.11. The van der Waals surface area contributed by atoms with E-state index in [1.54, 1.807) is 18.4 Å². The van der Waals surface area contributed by atoms with Crippen LogP contribution in [0.2, 0.25) is 0 Å². The van der Waals surface area contributed by atoms with Crippen LogP contribution in [-0.4, -0.2) is 31.0 Å². The number of nitrogens with zero attached hydrogens (tertiary/aromatic N) is 1. The Hall–Kier alpha value is -3.08. The molecule has 0 aliphatic rings. The molecule has 5 nitrogen and oxygen atoms in total. The first-order valence-electron chi connectivity index (χ1n) is 8.22. The average molecular weight is 353 g/mol. The number of aryl methyl sites for hydroxylation is 2. The summed E-state index contributed by atoms with van der Waals surface area (Å²) in [7, 11) is 1.52. The Balaban J connectivity index is 2.41. The number of hydrogen-bond donors (Lipinski definition) is 1. The van der Waals surface area contributed by atoms with Gasteiger partial charge in [-0.1, -0.05) is 18.2 Å². The monoisotopic (exact) mass is 353 g/mol. The first-order valence-corrected chi connectivity index (χ1v) is 8.22. The van der Waals surface area contributed by atoms with Crippen LogP contribution < -0.4 is 9.47 Å². The van der Waals surface area contributed by atoms with Gasteiger partial charge in [0.15, 0.2) is 18.1 Å². The second-order valence-electron chi connectivity index (χ2n) is 5.93. The van der Waals surface area contributed by atoms with E-state index in [1.807, 2.05) is 38.1 Å². The number of benzene rings is 2. The summed E-state index contributed by atoms with van der Waals surface area (Å²) in [5.74, 6) is -0.163. The van der Waals surface area contributed by atoms with E-state index in [1.165, 1.54) is 7.11 Å². The average Bonchev–Trinajstić information content (AvgIpc) is 2.61. The van der Waals surface area contributed by atoms with Gasteiger partial charge in [-0.15, -0.1) is 6.58 Å². The van der Waals surface area contributed by atoms with Gasteiger partial charge in [0.2, 0.25) is 0 Å². The van der Waals surface area contributed by atoms with E-state index in [0.29, 0.717) is 17.9 Å². The van der Waals surface area contributed by atoms with Crippen molar-refractivity contribution in [3.05, 3.63) is 65.2 Å². The highest BCUT2D eigenvalue weighted by molar-refractivity contribution is 5.84. The van der Waals surface area contributed by atoms with Gasteiger partial charge in [0.05, 0.1) is 12.8 Å². The number of hydrogen-bond acceptors (Lipinski definition) is 4. The molecule has 0 heterocycles. The number of carboxylic acid groups (broad SMARTS) is 1. The summed E-state index contributed by atoms with van der Waals surface area (Å²) in [6, 6.07) is 9.79. The van der Waals surface area contributed by atoms with Gasteiger partial charge >= 0.3 is 5.97 Å². The molecule has 136 valence electrons. The number of ether oxygens (including phenoxy) is 2. The fourth-order valence-corrected chi connectivity index (χ4v) is 2.52. The smallest absolute Gasteiger partial charge is 0.341 e. The Morgan fingerprint density at radius 2 is 2.04 bits per heavy atom. The fourth-order valence-electron chi connectivity index (χ4n) is 2.52. The SMILES string of the molecule is C=CCc1cc(C=Nc2cc(C)ccc2C)cc(OC)c1OCC(=O)O.